The lowest BCUT2D eigenvalue weighted by molar-refractivity contribution is -0.147. The summed E-state index contributed by atoms with van der Waals surface area (Å²) < 4.78 is 1.97. The molecule has 2 aromatic rings. The number of amides is 1. The standard InChI is InChI=1S/C22H30N4O.CH2O2/c1-2-26-18-20(16-23-26)17-25-14-7-12-22(25)11-6-13-24(21(22)27)15-10-19-8-4-3-5-9-19;2-1-3/h3-5,8-9,16,18H,2,6-7,10-15,17H2,1H3;1H,(H,2,3). The van der Waals surface area contributed by atoms with E-state index in [1.165, 1.54) is 11.1 Å². The van der Waals surface area contributed by atoms with Crippen LogP contribution in [0.15, 0.2) is 42.7 Å². The van der Waals surface area contributed by atoms with Gasteiger partial charge in [-0.05, 0) is 51.1 Å². The average Bonchev–Trinajstić information content (AvgIpc) is 3.38. The maximum atomic E-state index is 13.5. The van der Waals surface area contributed by atoms with E-state index in [2.05, 4.69) is 52.3 Å². The third-order valence-corrected chi connectivity index (χ3v) is 6.22. The van der Waals surface area contributed by atoms with E-state index in [1.54, 1.807) is 0 Å². The van der Waals surface area contributed by atoms with Gasteiger partial charge in [0.05, 0.1) is 6.20 Å². The molecular weight excluding hydrogens is 380 g/mol. The minimum Gasteiger partial charge on any atom is -0.483 e. The van der Waals surface area contributed by atoms with Crippen molar-refractivity contribution in [3.8, 4) is 0 Å². The molecule has 2 aliphatic rings. The number of piperidine rings is 1. The van der Waals surface area contributed by atoms with Crippen molar-refractivity contribution in [3.05, 3.63) is 53.9 Å². The summed E-state index contributed by atoms with van der Waals surface area (Å²) in [7, 11) is 0. The molecule has 2 aliphatic heterocycles. The van der Waals surface area contributed by atoms with Gasteiger partial charge in [0.15, 0.2) is 0 Å². The molecule has 0 saturated carbocycles. The molecule has 3 heterocycles. The second-order valence-corrected chi connectivity index (χ2v) is 8.00. The molecule has 1 unspecified atom stereocenters. The zero-order chi connectivity index (χ0) is 21.4. The lowest BCUT2D eigenvalue weighted by Gasteiger charge is -2.44. The van der Waals surface area contributed by atoms with Crippen LogP contribution in [0, 0.1) is 0 Å². The fourth-order valence-electron chi connectivity index (χ4n) is 4.76. The Hall–Kier alpha value is -2.67. The molecule has 7 nitrogen and oxygen atoms in total. The number of likely N-dealkylation sites (tertiary alicyclic amines) is 2. The zero-order valence-electron chi connectivity index (χ0n) is 17.7. The Morgan fingerprint density at radius 2 is 1.83 bits per heavy atom. The summed E-state index contributed by atoms with van der Waals surface area (Å²) in [6, 6.07) is 10.5. The highest BCUT2D eigenvalue weighted by Gasteiger charge is 2.50. The van der Waals surface area contributed by atoms with E-state index in [0.29, 0.717) is 5.91 Å². The Morgan fingerprint density at radius 3 is 2.50 bits per heavy atom. The van der Waals surface area contributed by atoms with Gasteiger partial charge in [-0.25, -0.2) is 0 Å². The molecule has 0 aliphatic carbocycles. The summed E-state index contributed by atoms with van der Waals surface area (Å²) in [5.41, 5.74) is 2.23. The molecular formula is C23H32N4O3. The molecule has 1 aromatic carbocycles. The number of nitrogens with zero attached hydrogens (tertiary/aromatic N) is 4. The number of aromatic nitrogens is 2. The van der Waals surface area contributed by atoms with Gasteiger partial charge in [-0.1, -0.05) is 30.3 Å². The first-order valence-corrected chi connectivity index (χ1v) is 10.8. The third kappa shape index (κ3) is 4.90. The number of rotatable bonds is 6. The SMILES string of the molecule is CCn1cc(CN2CCCC23CCCN(CCc2ccccc2)C3=O)cn1.O=CO. The van der Waals surface area contributed by atoms with Gasteiger partial charge in [0.2, 0.25) is 5.91 Å². The van der Waals surface area contributed by atoms with Crippen LogP contribution in [0.4, 0.5) is 0 Å². The third-order valence-electron chi connectivity index (χ3n) is 6.22. The number of benzene rings is 1. The molecule has 1 atom stereocenters. The summed E-state index contributed by atoms with van der Waals surface area (Å²) in [5.74, 6) is 0.352. The van der Waals surface area contributed by atoms with Crippen molar-refractivity contribution in [2.75, 3.05) is 19.6 Å². The van der Waals surface area contributed by atoms with Gasteiger partial charge >= 0.3 is 0 Å². The Morgan fingerprint density at radius 1 is 1.13 bits per heavy atom. The predicted molar refractivity (Wildman–Crippen MR) is 115 cm³/mol. The van der Waals surface area contributed by atoms with Crippen molar-refractivity contribution >= 4 is 12.4 Å². The quantitative estimate of drug-likeness (QED) is 0.738. The molecule has 4 rings (SSSR count). The van der Waals surface area contributed by atoms with Crippen LogP contribution in [0.25, 0.3) is 0 Å². The van der Waals surface area contributed by atoms with Crippen molar-refractivity contribution in [1.29, 1.82) is 0 Å². The fourth-order valence-corrected chi connectivity index (χ4v) is 4.76. The Balaban J connectivity index is 0.000000806. The molecule has 7 heteroatoms. The van der Waals surface area contributed by atoms with E-state index in [9.17, 15) is 4.79 Å². The van der Waals surface area contributed by atoms with Gasteiger partial charge in [-0.3, -0.25) is 19.2 Å². The first kappa shape index (κ1) is 22.0. The zero-order valence-corrected chi connectivity index (χ0v) is 17.7. The molecule has 1 spiro atoms. The fraction of sp³-hybridized carbons (Fsp3) is 0.522. The minimum atomic E-state index is -0.288. The van der Waals surface area contributed by atoms with Crippen molar-refractivity contribution < 1.29 is 14.7 Å². The first-order chi connectivity index (χ1) is 14.6. The van der Waals surface area contributed by atoms with Crippen LogP contribution < -0.4 is 0 Å². The van der Waals surface area contributed by atoms with Gasteiger partial charge in [0, 0.05) is 37.9 Å². The van der Waals surface area contributed by atoms with Crippen LogP contribution in [0.1, 0.15) is 43.7 Å². The maximum absolute atomic E-state index is 13.5. The predicted octanol–water partition coefficient (Wildman–Crippen LogP) is 2.80. The van der Waals surface area contributed by atoms with Gasteiger partial charge < -0.3 is 10.0 Å². The van der Waals surface area contributed by atoms with E-state index in [1.807, 2.05) is 16.9 Å². The smallest absolute Gasteiger partial charge is 0.290 e. The summed E-state index contributed by atoms with van der Waals surface area (Å²) in [5, 5.41) is 11.3. The summed E-state index contributed by atoms with van der Waals surface area (Å²) in [4.78, 5) is 26.4. The maximum Gasteiger partial charge on any atom is 0.290 e. The lowest BCUT2D eigenvalue weighted by atomic mass is 9.85. The second-order valence-electron chi connectivity index (χ2n) is 8.00. The molecule has 0 bridgehead atoms. The van der Waals surface area contributed by atoms with E-state index in [-0.39, 0.29) is 12.0 Å². The lowest BCUT2D eigenvalue weighted by Crippen LogP contribution is -2.59. The van der Waals surface area contributed by atoms with Crippen LogP contribution in [0.5, 0.6) is 0 Å². The van der Waals surface area contributed by atoms with Gasteiger partial charge in [-0.15, -0.1) is 0 Å². The van der Waals surface area contributed by atoms with E-state index in [4.69, 9.17) is 9.90 Å². The van der Waals surface area contributed by atoms with Crippen LogP contribution in [-0.4, -0.2) is 62.2 Å². The molecule has 0 radical (unpaired) electrons. The minimum absolute atomic E-state index is 0.250. The van der Waals surface area contributed by atoms with Crippen LogP contribution in [0.3, 0.4) is 0 Å². The summed E-state index contributed by atoms with van der Waals surface area (Å²) in [6.45, 7) is 6.30. The summed E-state index contributed by atoms with van der Waals surface area (Å²) >= 11 is 0. The molecule has 1 amide bonds. The van der Waals surface area contributed by atoms with Crippen molar-refractivity contribution in [3.63, 3.8) is 0 Å². The number of carboxylic acid groups (broad SMARTS) is 1. The number of carbonyl (C=O) groups excluding carboxylic acids is 1. The number of carbonyl (C=O) groups is 2. The normalized spacial score (nSPS) is 21.5. The van der Waals surface area contributed by atoms with Crippen molar-refractivity contribution in [2.45, 2.75) is 57.7 Å². The second kappa shape index (κ2) is 10.4. The van der Waals surface area contributed by atoms with E-state index < -0.39 is 0 Å². The molecule has 2 fully saturated rings. The first-order valence-electron chi connectivity index (χ1n) is 10.8. The summed E-state index contributed by atoms with van der Waals surface area (Å²) in [6.07, 6.45) is 9.21. The molecule has 2 saturated heterocycles. The van der Waals surface area contributed by atoms with Crippen LogP contribution in [0.2, 0.25) is 0 Å². The molecule has 1 N–H and O–H groups in total. The molecule has 162 valence electrons. The molecule has 1 aromatic heterocycles. The highest BCUT2D eigenvalue weighted by molar-refractivity contribution is 5.87. The highest BCUT2D eigenvalue weighted by Crippen LogP contribution is 2.39. The van der Waals surface area contributed by atoms with Crippen molar-refractivity contribution in [2.24, 2.45) is 0 Å². The Kier molecular flexibility index (Phi) is 7.63. The number of aryl methyl sites for hydroxylation is 1. The topological polar surface area (TPSA) is 78.7 Å². The van der Waals surface area contributed by atoms with E-state index >= 15 is 0 Å². The number of hydrogen-bond donors (Lipinski definition) is 1. The van der Waals surface area contributed by atoms with Gasteiger partial charge in [0.1, 0.15) is 5.54 Å². The Bertz CT molecular complexity index is 823. The van der Waals surface area contributed by atoms with Crippen molar-refractivity contribution in [1.82, 2.24) is 19.6 Å². The van der Waals surface area contributed by atoms with Gasteiger partial charge in [0.25, 0.3) is 6.47 Å². The Labute approximate surface area is 178 Å². The monoisotopic (exact) mass is 412 g/mol. The average molecular weight is 413 g/mol. The van der Waals surface area contributed by atoms with Crippen LogP contribution >= 0.6 is 0 Å². The van der Waals surface area contributed by atoms with E-state index in [0.717, 1.165) is 64.8 Å². The highest BCUT2D eigenvalue weighted by atomic mass is 16.3. The molecule has 30 heavy (non-hydrogen) atoms. The van der Waals surface area contributed by atoms with Crippen LogP contribution in [-0.2, 0) is 29.1 Å². The van der Waals surface area contributed by atoms with Gasteiger partial charge in [-0.2, -0.15) is 5.10 Å². The number of hydrogen-bond acceptors (Lipinski definition) is 4. The largest absolute Gasteiger partial charge is 0.483 e.